The molecule has 0 spiro atoms. The molecule has 6 heteroatoms. The lowest BCUT2D eigenvalue weighted by molar-refractivity contribution is 0.410. The molecular formula is C11H11FN4O. The molecule has 88 valence electrons. The zero-order chi connectivity index (χ0) is 11.7. The quantitative estimate of drug-likeness (QED) is 0.856. The predicted molar refractivity (Wildman–Crippen MR) is 57.5 cm³/mol. The largest absolute Gasteiger partial charge is 0.334 e. The molecular weight excluding hydrogens is 223 g/mol. The topological polar surface area (TPSA) is 63.8 Å². The van der Waals surface area contributed by atoms with E-state index in [4.69, 9.17) is 4.52 Å². The Kier molecular flexibility index (Phi) is 2.56. The molecule has 1 atom stereocenters. The van der Waals surface area contributed by atoms with E-state index in [-0.39, 0.29) is 17.5 Å². The lowest BCUT2D eigenvalue weighted by atomic mass is 10.2. The Balaban J connectivity index is 1.92. The van der Waals surface area contributed by atoms with E-state index in [1.807, 2.05) is 0 Å². The molecule has 1 fully saturated rings. The molecule has 0 radical (unpaired) electrons. The van der Waals surface area contributed by atoms with Crippen LogP contribution >= 0.6 is 0 Å². The molecule has 0 bridgehead atoms. The molecule has 0 aromatic carbocycles. The number of rotatable bonds is 2. The maximum Gasteiger partial charge on any atom is 0.261 e. The third-order valence-corrected chi connectivity index (χ3v) is 2.82. The van der Waals surface area contributed by atoms with Crippen molar-refractivity contribution < 1.29 is 8.91 Å². The van der Waals surface area contributed by atoms with Crippen molar-refractivity contribution in [1.29, 1.82) is 0 Å². The second-order valence-corrected chi connectivity index (χ2v) is 3.96. The van der Waals surface area contributed by atoms with Gasteiger partial charge in [0.05, 0.1) is 17.8 Å². The minimum absolute atomic E-state index is 0.123. The average Bonchev–Trinajstić information content (AvgIpc) is 3.00. The highest BCUT2D eigenvalue weighted by Crippen LogP contribution is 2.24. The zero-order valence-electron chi connectivity index (χ0n) is 9.06. The van der Waals surface area contributed by atoms with Crippen molar-refractivity contribution in [2.24, 2.45) is 0 Å². The summed E-state index contributed by atoms with van der Waals surface area (Å²) < 4.78 is 18.5. The highest BCUT2D eigenvalue weighted by molar-refractivity contribution is 5.52. The Morgan fingerprint density at radius 2 is 2.41 bits per heavy atom. The van der Waals surface area contributed by atoms with Crippen LogP contribution in [0.3, 0.4) is 0 Å². The van der Waals surface area contributed by atoms with Crippen molar-refractivity contribution in [2.75, 3.05) is 6.54 Å². The van der Waals surface area contributed by atoms with Crippen molar-refractivity contribution >= 4 is 0 Å². The van der Waals surface area contributed by atoms with Gasteiger partial charge in [-0.1, -0.05) is 5.16 Å². The van der Waals surface area contributed by atoms with Crippen LogP contribution in [-0.2, 0) is 0 Å². The molecule has 0 amide bonds. The molecule has 0 saturated carbocycles. The Hall–Kier alpha value is -1.82. The number of hydrogen-bond acceptors (Lipinski definition) is 5. The van der Waals surface area contributed by atoms with E-state index >= 15 is 0 Å². The average molecular weight is 234 g/mol. The van der Waals surface area contributed by atoms with E-state index in [1.54, 1.807) is 0 Å². The summed E-state index contributed by atoms with van der Waals surface area (Å²) in [6.07, 6.45) is 4.71. The first-order valence-electron chi connectivity index (χ1n) is 5.51. The van der Waals surface area contributed by atoms with Gasteiger partial charge in [-0.25, -0.2) is 4.39 Å². The molecule has 1 N–H and O–H groups in total. The van der Waals surface area contributed by atoms with Crippen molar-refractivity contribution in [2.45, 2.75) is 18.9 Å². The van der Waals surface area contributed by atoms with Gasteiger partial charge in [0.15, 0.2) is 11.6 Å². The highest BCUT2D eigenvalue weighted by atomic mass is 19.1. The first-order valence-corrected chi connectivity index (χ1v) is 5.51. The summed E-state index contributed by atoms with van der Waals surface area (Å²) in [5, 5.41) is 7.14. The van der Waals surface area contributed by atoms with Crippen LogP contribution in [0.5, 0.6) is 0 Å². The van der Waals surface area contributed by atoms with Gasteiger partial charge in [-0.05, 0) is 25.5 Å². The van der Waals surface area contributed by atoms with Crippen molar-refractivity contribution in [3.8, 4) is 11.5 Å². The van der Waals surface area contributed by atoms with Crippen LogP contribution in [0.25, 0.3) is 11.5 Å². The lowest BCUT2D eigenvalue weighted by Gasteiger charge is -2.01. The third-order valence-electron chi connectivity index (χ3n) is 2.82. The van der Waals surface area contributed by atoms with Crippen molar-refractivity contribution in [3.05, 3.63) is 30.1 Å². The fourth-order valence-corrected chi connectivity index (χ4v) is 1.94. The molecule has 17 heavy (non-hydrogen) atoms. The van der Waals surface area contributed by atoms with Crippen LogP contribution in [0.1, 0.15) is 24.7 Å². The Morgan fingerprint density at radius 1 is 1.47 bits per heavy atom. The van der Waals surface area contributed by atoms with E-state index in [2.05, 4.69) is 20.4 Å². The summed E-state index contributed by atoms with van der Waals surface area (Å²) in [5.41, 5.74) is 0.289. The second kappa shape index (κ2) is 4.21. The lowest BCUT2D eigenvalue weighted by Crippen LogP contribution is -2.14. The zero-order valence-corrected chi connectivity index (χ0v) is 9.06. The molecule has 5 nitrogen and oxygen atoms in total. The Labute approximate surface area is 97.1 Å². The Bertz CT molecular complexity index is 522. The predicted octanol–water partition coefficient (Wildman–Crippen LogP) is 1.70. The molecule has 1 unspecified atom stereocenters. The maximum absolute atomic E-state index is 13.5. The molecule has 2 aromatic rings. The Morgan fingerprint density at radius 3 is 3.18 bits per heavy atom. The molecule has 1 aliphatic heterocycles. The summed E-state index contributed by atoms with van der Waals surface area (Å²) in [4.78, 5) is 7.89. The van der Waals surface area contributed by atoms with E-state index in [0.29, 0.717) is 5.82 Å². The summed E-state index contributed by atoms with van der Waals surface area (Å²) >= 11 is 0. The van der Waals surface area contributed by atoms with Crippen LogP contribution in [0.4, 0.5) is 4.39 Å². The van der Waals surface area contributed by atoms with Crippen LogP contribution < -0.4 is 5.32 Å². The van der Waals surface area contributed by atoms with Crippen LogP contribution in [0.2, 0.25) is 0 Å². The highest BCUT2D eigenvalue weighted by Gasteiger charge is 2.22. The van der Waals surface area contributed by atoms with Crippen molar-refractivity contribution in [3.63, 3.8) is 0 Å². The monoisotopic (exact) mass is 234 g/mol. The van der Waals surface area contributed by atoms with Gasteiger partial charge < -0.3 is 9.84 Å². The van der Waals surface area contributed by atoms with Gasteiger partial charge in [0.25, 0.3) is 5.89 Å². The molecule has 3 heterocycles. The van der Waals surface area contributed by atoms with Crippen LogP contribution in [0, 0.1) is 5.82 Å². The number of hydrogen-bond donors (Lipinski definition) is 1. The van der Waals surface area contributed by atoms with E-state index in [1.165, 1.54) is 12.3 Å². The van der Waals surface area contributed by atoms with E-state index in [0.717, 1.165) is 25.6 Å². The summed E-state index contributed by atoms with van der Waals surface area (Å²) in [5.74, 6) is 0.337. The van der Waals surface area contributed by atoms with E-state index < -0.39 is 5.82 Å². The van der Waals surface area contributed by atoms with Gasteiger partial charge in [0.2, 0.25) is 0 Å². The number of aromatic nitrogens is 3. The number of halogens is 1. The smallest absolute Gasteiger partial charge is 0.261 e. The van der Waals surface area contributed by atoms with Crippen molar-refractivity contribution in [1.82, 2.24) is 20.4 Å². The van der Waals surface area contributed by atoms with E-state index in [9.17, 15) is 4.39 Å². The first-order chi connectivity index (χ1) is 8.34. The van der Waals surface area contributed by atoms with Gasteiger partial charge >= 0.3 is 0 Å². The fourth-order valence-electron chi connectivity index (χ4n) is 1.94. The fraction of sp³-hybridized carbons (Fsp3) is 0.364. The minimum Gasteiger partial charge on any atom is -0.334 e. The van der Waals surface area contributed by atoms with Gasteiger partial charge in [-0.3, -0.25) is 4.98 Å². The number of pyridine rings is 1. The molecule has 2 aromatic heterocycles. The van der Waals surface area contributed by atoms with Crippen LogP contribution in [-0.4, -0.2) is 21.7 Å². The minimum atomic E-state index is -0.456. The summed E-state index contributed by atoms with van der Waals surface area (Å²) in [6.45, 7) is 0.957. The number of nitrogens with one attached hydrogen (secondary N) is 1. The molecule has 0 aliphatic carbocycles. The normalized spacial score (nSPS) is 19.7. The summed E-state index contributed by atoms with van der Waals surface area (Å²) in [6, 6.07) is 1.65. The second-order valence-electron chi connectivity index (χ2n) is 3.96. The molecule has 1 saturated heterocycles. The third kappa shape index (κ3) is 1.91. The summed E-state index contributed by atoms with van der Waals surface area (Å²) in [7, 11) is 0. The maximum atomic E-state index is 13.5. The SMILES string of the molecule is Fc1cnccc1-c1nc(C2CCCN2)no1. The van der Waals surface area contributed by atoms with Gasteiger partial charge in [-0.15, -0.1) is 0 Å². The van der Waals surface area contributed by atoms with Gasteiger partial charge in [-0.2, -0.15) is 4.98 Å². The van der Waals surface area contributed by atoms with Gasteiger partial charge in [0.1, 0.15) is 0 Å². The molecule has 1 aliphatic rings. The number of nitrogens with zero attached hydrogens (tertiary/aromatic N) is 3. The first kappa shape index (κ1) is 10.3. The van der Waals surface area contributed by atoms with Crippen LogP contribution in [0.15, 0.2) is 23.0 Å². The molecule has 3 rings (SSSR count). The standard InChI is InChI=1S/C11H11FN4O/c12-8-6-13-5-3-7(8)11-15-10(16-17-11)9-2-1-4-14-9/h3,5-6,9,14H,1-2,4H2. The van der Waals surface area contributed by atoms with Gasteiger partial charge in [0, 0.05) is 6.20 Å².